The highest BCUT2D eigenvalue weighted by Crippen LogP contribution is 2.27. The van der Waals surface area contributed by atoms with Gasteiger partial charge in [0.1, 0.15) is 22.3 Å². The Balaban J connectivity index is 2.73. The van der Waals surface area contributed by atoms with E-state index in [-0.39, 0.29) is 28.7 Å². The predicted octanol–water partition coefficient (Wildman–Crippen LogP) is 1.98. The summed E-state index contributed by atoms with van der Waals surface area (Å²) in [4.78, 5) is 23.5. The Hall–Kier alpha value is -2.30. The molecule has 0 radical (unpaired) electrons. The molecule has 2 aromatic rings. The second-order valence-corrected chi connectivity index (χ2v) is 3.52. The smallest absolute Gasteiger partial charge is 0.341 e. The van der Waals surface area contributed by atoms with Crippen molar-refractivity contribution in [3.63, 3.8) is 0 Å². The summed E-state index contributed by atoms with van der Waals surface area (Å²) in [7, 11) is 1.39. The normalized spacial score (nSPS) is 10.3. The zero-order valence-corrected chi connectivity index (χ0v) is 10.1. The van der Waals surface area contributed by atoms with Crippen LogP contribution >= 0.6 is 0 Å². The molecular weight excluding hydrogens is 236 g/mol. The summed E-state index contributed by atoms with van der Waals surface area (Å²) in [6.45, 7) is 1.96. The lowest BCUT2D eigenvalue weighted by molar-refractivity contribution is 0.0523. The van der Waals surface area contributed by atoms with E-state index >= 15 is 0 Å². The van der Waals surface area contributed by atoms with Gasteiger partial charge in [-0.2, -0.15) is 0 Å². The summed E-state index contributed by atoms with van der Waals surface area (Å²) in [6, 6.07) is 4.34. The molecule has 0 saturated carbocycles. The largest absolute Gasteiger partial charge is 0.495 e. The number of methoxy groups -OCH3 is 1. The Morgan fingerprint density at radius 3 is 2.78 bits per heavy atom. The number of hydrogen-bond donors (Lipinski definition) is 0. The van der Waals surface area contributed by atoms with Crippen molar-refractivity contribution in [3.05, 3.63) is 40.2 Å². The standard InChI is InChI=1S/C13H12O5/c1-3-17-13(15)8-4-5-10-11(12(8)16-2)9(14)6-7-18-10/h4-7H,3H2,1-2H3. The molecule has 0 aliphatic carbocycles. The molecule has 1 heterocycles. The van der Waals surface area contributed by atoms with Crippen molar-refractivity contribution in [3.8, 4) is 5.75 Å². The number of esters is 1. The Kier molecular flexibility index (Phi) is 3.32. The second kappa shape index (κ2) is 4.91. The topological polar surface area (TPSA) is 65.7 Å². The number of rotatable bonds is 3. The molecule has 5 heteroatoms. The fraction of sp³-hybridized carbons (Fsp3) is 0.231. The van der Waals surface area contributed by atoms with Gasteiger partial charge in [-0.1, -0.05) is 0 Å². The van der Waals surface area contributed by atoms with Crippen molar-refractivity contribution in [2.45, 2.75) is 6.92 Å². The first kappa shape index (κ1) is 12.2. The Morgan fingerprint density at radius 2 is 2.11 bits per heavy atom. The Bertz CT molecular complexity index is 641. The van der Waals surface area contributed by atoms with E-state index in [9.17, 15) is 9.59 Å². The lowest BCUT2D eigenvalue weighted by atomic mass is 10.1. The van der Waals surface area contributed by atoms with Gasteiger partial charge in [0.05, 0.1) is 20.0 Å². The summed E-state index contributed by atoms with van der Waals surface area (Å²) < 4.78 is 15.3. The van der Waals surface area contributed by atoms with Gasteiger partial charge in [-0.15, -0.1) is 0 Å². The summed E-state index contributed by atoms with van der Waals surface area (Å²) in [5.74, 6) is -0.347. The van der Waals surface area contributed by atoms with Crippen molar-refractivity contribution in [1.29, 1.82) is 0 Å². The fourth-order valence-corrected chi connectivity index (χ4v) is 1.73. The van der Waals surface area contributed by atoms with Gasteiger partial charge in [-0.25, -0.2) is 4.79 Å². The molecule has 0 saturated heterocycles. The van der Waals surface area contributed by atoms with E-state index in [0.717, 1.165) is 0 Å². The van der Waals surface area contributed by atoms with Crippen molar-refractivity contribution in [1.82, 2.24) is 0 Å². The van der Waals surface area contributed by atoms with E-state index in [1.807, 2.05) is 0 Å². The van der Waals surface area contributed by atoms with Crippen LogP contribution in [0.3, 0.4) is 0 Å². The van der Waals surface area contributed by atoms with E-state index < -0.39 is 5.97 Å². The van der Waals surface area contributed by atoms with Crippen LogP contribution in [-0.4, -0.2) is 19.7 Å². The first-order valence-corrected chi connectivity index (χ1v) is 5.44. The lowest BCUT2D eigenvalue weighted by Gasteiger charge is -2.09. The highest BCUT2D eigenvalue weighted by molar-refractivity contribution is 5.99. The molecular formula is C13H12O5. The molecule has 0 fully saturated rings. The number of fused-ring (bicyclic) bond motifs is 1. The molecule has 0 bridgehead atoms. The van der Waals surface area contributed by atoms with Gasteiger partial charge in [0.25, 0.3) is 0 Å². The average Bonchev–Trinajstić information content (AvgIpc) is 2.38. The fourth-order valence-electron chi connectivity index (χ4n) is 1.73. The zero-order valence-electron chi connectivity index (χ0n) is 10.1. The Labute approximate surface area is 103 Å². The van der Waals surface area contributed by atoms with Gasteiger partial charge in [0, 0.05) is 6.07 Å². The van der Waals surface area contributed by atoms with Gasteiger partial charge in [0.2, 0.25) is 0 Å². The number of hydrogen-bond acceptors (Lipinski definition) is 5. The molecule has 0 N–H and O–H groups in total. The van der Waals surface area contributed by atoms with Crippen LogP contribution in [0.5, 0.6) is 5.75 Å². The van der Waals surface area contributed by atoms with Crippen LogP contribution < -0.4 is 10.2 Å². The number of ether oxygens (including phenoxy) is 2. The highest BCUT2D eigenvalue weighted by atomic mass is 16.5. The molecule has 0 aliphatic heterocycles. The lowest BCUT2D eigenvalue weighted by Crippen LogP contribution is -2.09. The van der Waals surface area contributed by atoms with Gasteiger partial charge < -0.3 is 13.9 Å². The summed E-state index contributed by atoms with van der Waals surface area (Å²) >= 11 is 0. The molecule has 2 rings (SSSR count). The van der Waals surface area contributed by atoms with Gasteiger partial charge >= 0.3 is 5.97 Å². The quantitative estimate of drug-likeness (QED) is 0.777. The molecule has 5 nitrogen and oxygen atoms in total. The summed E-state index contributed by atoms with van der Waals surface area (Å²) in [6.07, 6.45) is 1.30. The minimum Gasteiger partial charge on any atom is -0.495 e. The van der Waals surface area contributed by atoms with Crippen molar-refractivity contribution in [2.24, 2.45) is 0 Å². The van der Waals surface area contributed by atoms with E-state index in [4.69, 9.17) is 13.9 Å². The highest BCUT2D eigenvalue weighted by Gasteiger charge is 2.18. The predicted molar refractivity (Wildman–Crippen MR) is 65.0 cm³/mol. The zero-order chi connectivity index (χ0) is 13.1. The molecule has 0 amide bonds. The van der Waals surface area contributed by atoms with Crippen LogP contribution in [0.2, 0.25) is 0 Å². The third kappa shape index (κ3) is 1.95. The maximum atomic E-state index is 11.8. The summed E-state index contributed by atoms with van der Waals surface area (Å²) in [5, 5.41) is 0.241. The first-order chi connectivity index (χ1) is 8.69. The third-order valence-electron chi connectivity index (χ3n) is 2.48. The Morgan fingerprint density at radius 1 is 1.33 bits per heavy atom. The van der Waals surface area contributed by atoms with E-state index in [1.165, 1.54) is 25.5 Å². The monoisotopic (exact) mass is 248 g/mol. The second-order valence-electron chi connectivity index (χ2n) is 3.52. The molecule has 0 atom stereocenters. The average molecular weight is 248 g/mol. The van der Waals surface area contributed by atoms with Gasteiger partial charge in [-0.05, 0) is 19.1 Å². The minimum atomic E-state index is -0.528. The van der Waals surface area contributed by atoms with E-state index in [1.54, 1.807) is 13.0 Å². The van der Waals surface area contributed by atoms with Crippen LogP contribution in [-0.2, 0) is 4.74 Å². The molecule has 1 aromatic heterocycles. The van der Waals surface area contributed by atoms with Gasteiger partial charge in [0.15, 0.2) is 5.43 Å². The van der Waals surface area contributed by atoms with E-state index in [0.29, 0.717) is 5.58 Å². The van der Waals surface area contributed by atoms with Crippen LogP contribution in [0.25, 0.3) is 11.0 Å². The van der Waals surface area contributed by atoms with Gasteiger partial charge in [-0.3, -0.25) is 4.79 Å². The van der Waals surface area contributed by atoms with Crippen molar-refractivity contribution < 1.29 is 18.7 Å². The molecule has 0 unspecified atom stereocenters. The number of carbonyl (C=O) groups is 1. The van der Waals surface area contributed by atoms with Crippen LogP contribution in [0.15, 0.2) is 33.7 Å². The van der Waals surface area contributed by atoms with Crippen molar-refractivity contribution >= 4 is 16.9 Å². The maximum Gasteiger partial charge on any atom is 0.341 e. The first-order valence-electron chi connectivity index (χ1n) is 5.44. The maximum absolute atomic E-state index is 11.8. The molecule has 94 valence electrons. The van der Waals surface area contributed by atoms with E-state index in [2.05, 4.69) is 0 Å². The third-order valence-corrected chi connectivity index (χ3v) is 2.48. The number of carbonyl (C=O) groups excluding carboxylic acids is 1. The minimum absolute atomic E-state index is 0.181. The number of benzene rings is 1. The molecule has 18 heavy (non-hydrogen) atoms. The van der Waals surface area contributed by atoms with Crippen molar-refractivity contribution in [2.75, 3.05) is 13.7 Å². The molecule has 1 aromatic carbocycles. The SMILES string of the molecule is CCOC(=O)c1ccc2occc(=O)c2c1OC. The van der Waals surface area contributed by atoms with Crippen LogP contribution in [0.4, 0.5) is 0 Å². The molecule has 0 aliphatic rings. The van der Waals surface area contributed by atoms with Crippen LogP contribution in [0.1, 0.15) is 17.3 Å². The summed E-state index contributed by atoms with van der Waals surface area (Å²) in [5.41, 5.74) is 0.317. The molecule has 0 spiro atoms. The van der Waals surface area contributed by atoms with Crippen LogP contribution in [0, 0.1) is 0 Å².